The van der Waals surface area contributed by atoms with Gasteiger partial charge in [-0.1, -0.05) is 13.8 Å². The minimum Gasteiger partial charge on any atom is -0.481 e. The normalized spacial score (nSPS) is 13.2. The molecular weight excluding hydrogens is 260 g/mol. The molecule has 0 saturated heterocycles. The summed E-state index contributed by atoms with van der Waals surface area (Å²) < 4.78 is 5.10. The molecule has 1 atom stereocenters. The predicted molar refractivity (Wildman–Crippen MR) is 77.7 cm³/mol. The van der Waals surface area contributed by atoms with E-state index in [0.717, 1.165) is 0 Å². The molecule has 0 aliphatic rings. The summed E-state index contributed by atoms with van der Waals surface area (Å²) in [4.78, 5) is 24.6. The molecule has 0 aromatic heterocycles. The van der Waals surface area contributed by atoms with Crippen LogP contribution in [0, 0.1) is 5.92 Å². The first-order valence-corrected chi connectivity index (χ1v) is 6.88. The zero-order valence-electron chi connectivity index (χ0n) is 13.4. The second-order valence-corrected chi connectivity index (χ2v) is 6.22. The number of nitrogens with zero attached hydrogens (tertiary/aromatic N) is 1. The fourth-order valence-electron chi connectivity index (χ4n) is 1.77. The highest BCUT2D eigenvalue weighted by atomic mass is 16.5. The molecule has 0 aliphatic carbocycles. The van der Waals surface area contributed by atoms with Crippen molar-refractivity contribution in [2.45, 2.75) is 52.6 Å². The van der Waals surface area contributed by atoms with Crippen molar-refractivity contribution in [1.29, 1.82) is 0 Å². The molecule has 0 radical (unpaired) electrons. The maximum absolute atomic E-state index is 12.4. The van der Waals surface area contributed by atoms with E-state index in [4.69, 9.17) is 9.84 Å². The number of rotatable bonds is 7. The van der Waals surface area contributed by atoms with Crippen LogP contribution in [0.5, 0.6) is 0 Å². The van der Waals surface area contributed by atoms with E-state index in [9.17, 15) is 9.59 Å². The Morgan fingerprint density at radius 1 is 1.30 bits per heavy atom. The number of hydrogen-bond acceptors (Lipinski definition) is 3. The number of ether oxygens (including phenoxy) is 1. The van der Waals surface area contributed by atoms with Crippen molar-refractivity contribution in [1.82, 2.24) is 10.2 Å². The van der Waals surface area contributed by atoms with Gasteiger partial charge in [-0.05, 0) is 26.7 Å². The van der Waals surface area contributed by atoms with Crippen LogP contribution in [0.25, 0.3) is 0 Å². The summed E-state index contributed by atoms with van der Waals surface area (Å²) in [6, 6.07) is -0.350. The molecule has 0 heterocycles. The summed E-state index contributed by atoms with van der Waals surface area (Å²) in [5.41, 5.74) is -0.436. The molecule has 0 rings (SSSR count). The Labute approximate surface area is 121 Å². The number of carbonyl (C=O) groups is 2. The Kier molecular flexibility index (Phi) is 7.57. The van der Waals surface area contributed by atoms with Crippen molar-refractivity contribution in [2.24, 2.45) is 5.92 Å². The number of amides is 2. The quantitative estimate of drug-likeness (QED) is 0.750. The van der Waals surface area contributed by atoms with E-state index >= 15 is 0 Å². The van der Waals surface area contributed by atoms with Crippen molar-refractivity contribution in [2.75, 3.05) is 20.3 Å². The Morgan fingerprint density at radius 2 is 1.85 bits per heavy atom. The maximum Gasteiger partial charge on any atom is 0.318 e. The first kappa shape index (κ1) is 18.7. The van der Waals surface area contributed by atoms with Gasteiger partial charge in [-0.15, -0.1) is 0 Å². The average Bonchev–Trinajstić information content (AvgIpc) is 2.26. The van der Waals surface area contributed by atoms with Crippen LogP contribution in [0.4, 0.5) is 4.79 Å². The van der Waals surface area contributed by atoms with Crippen molar-refractivity contribution < 1.29 is 19.4 Å². The maximum atomic E-state index is 12.4. The van der Waals surface area contributed by atoms with E-state index in [1.807, 2.05) is 34.6 Å². The van der Waals surface area contributed by atoms with Crippen molar-refractivity contribution in [3.8, 4) is 0 Å². The molecule has 1 unspecified atom stereocenters. The average molecular weight is 288 g/mol. The van der Waals surface area contributed by atoms with Gasteiger partial charge in [0.2, 0.25) is 0 Å². The lowest BCUT2D eigenvalue weighted by Gasteiger charge is -2.37. The zero-order valence-corrected chi connectivity index (χ0v) is 13.4. The van der Waals surface area contributed by atoms with E-state index in [2.05, 4.69) is 5.32 Å². The van der Waals surface area contributed by atoms with Crippen LogP contribution in [0.2, 0.25) is 0 Å². The molecule has 0 aromatic carbocycles. The van der Waals surface area contributed by atoms with Crippen LogP contribution < -0.4 is 5.32 Å². The SMILES string of the molecule is COCC(NC(=O)N(CCC(=O)O)C(C)(C)C)C(C)C. The lowest BCUT2D eigenvalue weighted by Crippen LogP contribution is -2.55. The van der Waals surface area contributed by atoms with E-state index < -0.39 is 11.5 Å². The summed E-state index contributed by atoms with van der Waals surface area (Å²) >= 11 is 0. The molecule has 20 heavy (non-hydrogen) atoms. The first-order chi connectivity index (χ1) is 9.09. The highest BCUT2D eigenvalue weighted by Gasteiger charge is 2.28. The minimum absolute atomic E-state index is 0.0681. The fraction of sp³-hybridized carbons (Fsp3) is 0.857. The van der Waals surface area contributed by atoms with Gasteiger partial charge in [-0.25, -0.2) is 4.79 Å². The number of carboxylic acid groups (broad SMARTS) is 1. The summed E-state index contributed by atoms with van der Waals surface area (Å²) in [7, 11) is 1.59. The third-order valence-electron chi connectivity index (χ3n) is 3.06. The number of nitrogens with one attached hydrogen (secondary N) is 1. The highest BCUT2D eigenvalue weighted by molar-refractivity contribution is 5.76. The predicted octanol–water partition coefficient (Wildman–Crippen LogP) is 1.94. The highest BCUT2D eigenvalue weighted by Crippen LogP contribution is 2.15. The van der Waals surface area contributed by atoms with Crippen LogP contribution in [-0.4, -0.2) is 53.8 Å². The van der Waals surface area contributed by atoms with Crippen LogP contribution in [0.3, 0.4) is 0 Å². The number of hydrogen-bond donors (Lipinski definition) is 2. The Balaban J connectivity index is 4.81. The molecule has 6 heteroatoms. The van der Waals surface area contributed by atoms with Gasteiger partial charge in [0.15, 0.2) is 0 Å². The molecular formula is C14H28N2O4. The Bertz CT molecular complexity index is 324. The fourth-order valence-corrected chi connectivity index (χ4v) is 1.77. The lowest BCUT2D eigenvalue weighted by atomic mass is 10.0. The summed E-state index contributed by atoms with van der Waals surface area (Å²) in [5.74, 6) is -0.676. The summed E-state index contributed by atoms with van der Waals surface area (Å²) in [6.07, 6.45) is -0.0681. The van der Waals surface area contributed by atoms with Gasteiger partial charge < -0.3 is 20.1 Å². The van der Waals surface area contributed by atoms with Gasteiger partial charge >= 0.3 is 12.0 Å². The molecule has 0 saturated carbocycles. The summed E-state index contributed by atoms with van der Waals surface area (Å²) in [5, 5.41) is 11.7. The van der Waals surface area contributed by atoms with E-state index in [1.165, 1.54) is 0 Å². The van der Waals surface area contributed by atoms with E-state index in [-0.39, 0.29) is 31.0 Å². The number of urea groups is 1. The monoisotopic (exact) mass is 288 g/mol. The second kappa shape index (κ2) is 8.09. The molecule has 2 N–H and O–H groups in total. The number of carboxylic acids is 1. The van der Waals surface area contributed by atoms with Gasteiger partial charge in [0.25, 0.3) is 0 Å². The summed E-state index contributed by atoms with van der Waals surface area (Å²) in [6.45, 7) is 10.3. The largest absolute Gasteiger partial charge is 0.481 e. The van der Waals surface area contributed by atoms with Crippen molar-refractivity contribution in [3.05, 3.63) is 0 Å². The molecule has 6 nitrogen and oxygen atoms in total. The molecule has 0 aromatic rings. The molecule has 0 aliphatic heterocycles. The smallest absolute Gasteiger partial charge is 0.318 e. The Hall–Kier alpha value is -1.30. The molecule has 118 valence electrons. The molecule has 0 bridgehead atoms. The third kappa shape index (κ3) is 6.75. The zero-order chi connectivity index (χ0) is 15.9. The first-order valence-electron chi connectivity index (χ1n) is 6.88. The molecule has 0 fully saturated rings. The van der Waals surface area contributed by atoms with Gasteiger partial charge in [-0.2, -0.15) is 0 Å². The third-order valence-corrected chi connectivity index (χ3v) is 3.06. The standard InChI is InChI=1S/C14H28N2O4/c1-10(2)11(9-20-6)15-13(19)16(14(3,4)5)8-7-12(17)18/h10-11H,7-9H2,1-6H3,(H,15,19)(H,17,18). The van der Waals surface area contributed by atoms with E-state index in [0.29, 0.717) is 6.61 Å². The second-order valence-electron chi connectivity index (χ2n) is 6.22. The topological polar surface area (TPSA) is 78.9 Å². The molecule has 2 amide bonds. The van der Waals surface area contributed by atoms with Crippen LogP contribution in [0.15, 0.2) is 0 Å². The lowest BCUT2D eigenvalue weighted by molar-refractivity contribution is -0.137. The molecule has 0 spiro atoms. The van der Waals surface area contributed by atoms with Crippen LogP contribution in [-0.2, 0) is 9.53 Å². The number of carbonyl (C=O) groups excluding carboxylic acids is 1. The van der Waals surface area contributed by atoms with Crippen molar-refractivity contribution >= 4 is 12.0 Å². The Morgan fingerprint density at radius 3 is 2.20 bits per heavy atom. The number of aliphatic carboxylic acids is 1. The van der Waals surface area contributed by atoms with Gasteiger partial charge in [0.1, 0.15) is 0 Å². The van der Waals surface area contributed by atoms with Crippen LogP contribution >= 0.6 is 0 Å². The van der Waals surface area contributed by atoms with Crippen LogP contribution in [0.1, 0.15) is 41.0 Å². The van der Waals surface area contributed by atoms with E-state index in [1.54, 1.807) is 12.0 Å². The van der Waals surface area contributed by atoms with Gasteiger partial charge in [0, 0.05) is 19.2 Å². The van der Waals surface area contributed by atoms with Crippen molar-refractivity contribution in [3.63, 3.8) is 0 Å². The van der Waals surface area contributed by atoms with Gasteiger partial charge in [0.05, 0.1) is 19.1 Å². The number of methoxy groups -OCH3 is 1. The minimum atomic E-state index is -0.913. The van der Waals surface area contributed by atoms with Gasteiger partial charge in [-0.3, -0.25) is 4.79 Å².